The van der Waals surface area contributed by atoms with E-state index in [9.17, 15) is 24.5 Å². The number of carbonyl (C=O) groups is 3. The lowest BCUT2D eigenvalue weighted by Crippen LogP contribution is -2.32. The maximum atomic E-state index is 12.9. The number of nitrogens with one attached hydrogen (secondary N) is 1. The number of hydrogen-bond acceptors (Lipinski definition) is 8. The van der Waals surface area contributed by atoms with Crippen LogP contribution in [0.2, 0.25) is 0 Å². The molecule has 0 radical (unpaired) electrons. The predicted molar refractivity (Wildman–Crippen MR) is 126 cm³/mol. The first-order valence-corrected chi connectivity index (χ1v) is 10.4. The zero-order valence-corrected chi connectivity index (χ0v) is 18.8. The molecule has 1 N–H and O–H groups in total. The summed E-state index contributed by atoms with van der Waals surface area (Å²) >= 11 is 6.14. The molecule has 0 aliphatic carbocycles. The molecule has 0 fully saturated rings. The second-order valence-electron chi connectivity index (χ2n) is 7.15. The van der Waals surface area contributed by atoms with Crippen LogP contribution in [0.4, 0.5) is 17.1 Å². The van der Waals surface area contributed by atoms with Gasteiger partial charge in [-0.1, -0.05) is 23.7 Å². The van der Waals surface area contributed by atoms with Gasteiger partial charge < -0.3 is 14.8 Å². The van der Waals surface area contributed by atoms with E-state index in [1.165, 1.54) is 55.6 Å². The second kappa shape index (κ2) is 9.65. The average molecular weight is 494 g/mol. The number of methoxy groups -OCH3 is 1. The van der Waals surface area contributed by atoms with Gasteiger partial charge in [0.05, 0.1) is 23.3 Å². The highest BCUT2D eigenvalue weighted by atomic mass is 35.5. The standard InChI is InChI=1S/C24H16ClN3O7/c1-34-17-12-10-16(11-13-17)27-22(29)20(25)21(23(27)30)26-15-8-6-14(7-9-15)24(31)35-19-5-3-2-4-18(19)28(32)33/h2-13,26H,1H3. The van der Waals surface area contributed by atoms with E-state index in [0.29, 0.717) is 17.1 Å². The molecule has 2 amide bonds. The van der Waals surface area contributed by atoms with Crippen molar-refractivity contribution in [1.82, 2.24) is 0 Å². The molecule has 0 unspecified atom stereocenters. The quantitative estimate of drug-likeness (QED) is 0.170. The van der Waals surface area contributed by atoms with Gasteiger partial charge in [-0.3, -0.25) is 19.7 Å². The van der Waals surface area contributed by atoms with E-state index in [4.69, 9.17) is 21.1 Å². The molecule has 3 aromatic carbocycles. The molecule has 1 aliphatic heterocycles. The molecule has 0 spiro atoms. The maximum Gasteiger partial charge on any atom is 0.343 e. The number of nitro groups is 1. The Kier molecular flexibility index (Phi) is 6.47. The molecule has 10 nitrogen and oxygen atoms in total. The van der Waals surface area contributed by atoms with Gasteiger partial charge in [0.2, 0.25) is 5.75 Å². The lowest BCUT2D eigenvalue weighted by Gasteiger charge is -2.15. The third-order valence-corrected chi connectivity index (χ3v) is 5.36. The van der Waals surface area contributed by atoms with Gasteiger partial charge in [0, 0.05) is 11.8 Å². The zero-order valence-electron chi connectivity index (χ0n) is 18.1. The third kappa shape index (κ3) is 4.68. The number of anilines is 2. The molecule has 1 aliphatic rings. The largest absolute Gasteiger partial charge is 0.497 e. The van der Waals surface area contributed by atoms with Crippen molar-refractivity contribution < 1.29 is 28.8 Å². The molecule has 35 heavy (non-hydrogen) atoms. The van der Waals surface area contributed by atoms with Crippen molar-refractivity contribution in [1.29, 1.82) is 0 Å². The summed E-state index contributed by atoms with van der Waals surface area (Å²) in [4.78, 5) is 49.3. The second-order valence-corrected chi connectivity index (χ2v) is 7.53. The van der Waals surface area contributed by atoms with E-state index in [2.05, 4.69) is 5.32 Å². The van der Waals surface area contributed by atoms with E-state index >= 15 is 0 Å². The van der Waals surface area contributed by atoms with Gasteiger partial charge in [-0.15, -0.1) is 0 Å². The number of para-hydroxylation sites is 2. The summed E-state index contributed by atoms with van der Waals surface area (Å²) in [6.45, 7) is 0. The first-order chi connectivity index (χ1) is 16.8. The van der Waals surface area contributed by atoms with Crippen LogP contribution >= 0.6 is 11.6 Å². The molecule has 0 saturated heterocycles. The number of imide groups is 1. The summed E-state index contributed by atoms with van der Waals surface area (Å²) in [6, 6.07) is 17.6. The van der Waals surface area contributed by atoms with Crippen LogP contribution in [0.25, 0.3) is 0 Å². The lowest BCUT2D eigenvalue weighted by molar-refractivity contribution is -0.385. The Balaban J connectivity index is 1.48. The van der Waals surface area contributed by atoms with E-state index in [0.717, 1.165) is 4.90 Å². The van der Waals surface area contributed by atoms with Crippen LogP contribution in [-0.2, 0) is 9.59 Å². The van der Waals surface area contributed by atoms with Gasteiger partial charge in [0.1, 0.15) is 16.5 Å². The number of rotatable bonds is 7. The van der Waals surface area contributed by atoms with Gasteiger partial charge in [-0.2, -0.15) is 0 Å². The van der Waals surface area contributed by atoms with Crippen molar-refractivity contribution in [3.05, 3.63) is 99.2 Å². The minimum absolute atomic E-state index is 0.113. The predicted octanol–water partition coefficient (Wildman–Crippen LogP) is 4.26. The SMILES string of the molecule is COc1ccc(N2C(=O)C(Cl)=C(Nc3ccc(C(=O)Oc4ccccc4[N+](=O)[O-])cc3)C2=O)cc1. The highest BCUT2D eigenvalue weighted by molar-refractivity contribution is 6.53. The Hall–Kier alpha value is -4.70. The topological polar surface area (TPSA) is 128 Å². The van der Waals surface area contributed by atoms with Crippen molar-refractivity contribution in [2.45, 2.75) is 0 Å². The van der Waals surface area contributed by atoms with Crippen molar-refractivity contribution in [2.75, 3.05) is 17.3 Å². The van der Waals surface area contributed by atoms with Crippen LogP contribution in [0.15, 0.2) is 83.5 Å². The van der Waals surface area contributed by atoms with Crippen molar-refractivity contribution in [3.63, 3.8) is 0 Å². The zero-order chi connectivity index (χ0) is 25.1. The molecule has 176 valence electrons. The molecule has 0 bridgehead atoms. The van der Waals surface area contributed by atoms with Crippen molar-refractivity contribution in [2.24, 2.45) is 0 Å². The normalized spacial score (nSPS) is 13.1. The first-order valence-electron chi connectivity index (χ1n) is 10.1. The number of nitro benzene ring substituents is 1. The van der Waals surface area contributed by atoms with Gasteiger partial charge in [0.15, 0.2) is 0 Å². The Bertz CT molecular complexity index is 1370. The number of hydrogen-bond donors (Lipinski definition) is 1. The molecule has 1 heterocycles. The van der Waals surface area contributed by atoms with Gasteiger partial charge >= 0.3 is 11.7 Å². The number of halogens is 1. The molecular weight excluding hydrogens is 478 g/mol. The summed E-state index contributed by atoms with van der Waals surface area (Å²) in [5.41, 5.74) is 0.346. The number of esters is 1. The monoisotopic (exact) mass is 493 g/mol. The van der Waals surface area contributed by atoms with Crippen molar-refractivity contribution in [3.8, 4) is 11.5 Å². The number of ether oxygens (including phenoxy) is 2. The summed E-state index contributed by atoms with van der Waals surface area (Å²) in [6.07, 6.45) is 0. The van der Waals surface area contributed by atoms with Gasteiger partial charge in [0.25, 0.3) is 11.8 Å². The van der Waals surface area contributed by atoms with E-state index in [1.807, 2.05) is 0 Å². The average Bonchev–Trinajstić information content (AvgIpc) is 3.07. The minimum Gasteiger partial charge on any atom is -0.497 e. The fourth-order valence-electron chi connectivity index (χ4n) is 3.26. The molecule has 0 aromatic heterocycles. The molecule has 4 rings (SSSR count). The number of amides is 2. The summed E-state index contributed by atoms with van der Waals surface area (Å²) in [7, 11) is 1.50. The summed E-state index contributed by atoms with van der Waals surface area (Å²) < 4.78 is 10.2. The van der Waals surface area contributed by atoms with E-state index < -0.39 is 22.7 Å². The number of benzene rings is 3. The molecule has 0 saturated carbocycles. The highest BCUT2D eigenvalue weighted by Crippen LogP contribution is 2.31. The van der Waals surface area contributed by atoms with Crippen LogP contribution in [0, 0.1) is 10.1 Å². The molecule has 3 aromatic rings. The molecular formula is C24H16ClN3O7. The molecule has 0 atom stereocenters. The van der Waals surface area contributed by atoms with Crippen molar-refractivity contribution >= 4 is 46.4 Å². The Morgan fingerprint density at radius 3 is 2.26 bits per heavy atom. The van der Waals surface area contributed by atoms with Crippen LogP contribution < -0.4 is 19.7 Å². The van der Waals surface area contributed by atoms with E-state index in [1.54, 1.807) is 24.3 Å². The fourth-order valence-corrected chi connectivity index (χ4v) is 3.48. The minimum atomic E-state index is -0.805. The van der Waals surface area contributed by atoms with Crippen LogP contribution in [-0.4, -0.2) is 29.8 Å². The first kappa shape index (κ1) is 23.5. The number of carbonyl (C=O) groups excluding carboxylic acids is 3. The smallest absolute Gasteiger partial charge is 0.343 e. The van der Waals surface area contributed by atoms with Gasteiger partial charge in [-0.25, -0.2) is 9.69 Å². The van der Waals surface area contributed by atoms with Gasteiger partial charge in [-0.05, 0) is 54.6 Å². The fraction of sp³-hybridized carbons (Fsp3) is 0.0417. The Morgan fingerprint density at radius 2 is 1.63 bits per heavy atom. The van der Waals surface area contributed by atoms with Crippen LogP contribution in [0.1, 0.15) is 10.4 Å². The van der Waals surface area contributed by atoms with Crippen LogP contribution in [0.5, 0.6) is 11.5 Å². The molecule has 11 heteroatoms. The van der Waals surface area contributed by atoms with E-state index in [-0.39, 0.29) is 27.7 Å². The highest BCUT2D eigenvalue weighted by Gasteiger charge is 2.39. The maximum absolute atomic E-state index is 12.9. The van der Waals surface area contributed by atoms with Crippen LogP contribution in [0.3, 0.4) is 0 Å². The lowest BCUT2D eigenvalue weighted by atomic mass is 10.2. The number of nitrogens with zero attached hydrogens (tertiary/aromatic N) is 2. The third-order valence-electron chi connectivity index (χ3n) is 5.01. The Morgan fingerprint density at radius 1 is 0.971 bits per heavy atom. The Labute approximate surface area is 203 Å². The summed E-state index contributed by atoms with van der Waals surface area (Å²) in [5, 5.41) is 13.6. The summed E-state index contributed by atoms with van der Waals surface area (Å²) in [5.74, 6) is -1.76.